The summed E-state index contributed by atoms with van der Waals surface area (Å²) in [6.45, 7) is 0.291. The SMILES string of the molecule is O=C(NCC1(O)CCCCC1)c1n[nH]c(C2CC2)n1. The first-order valence-electron chi connectivity index (χ1n) is 7.09. The minimum Gasteiger partial charge on any atom is -0.388 e. The molecule has 104 valence electrons. The fourth-order valence-electron chi connectivity index (χ4n) is 2.63. The number of nitrogens with one attached hydrogen (secondary N) is 2. The van der Waals surface area contributed by atoms with Gasteiger partial charge in [0.2, 0.25) is 5.82 Å². The van der Waals surface area contributed by atoms with Gasteiger partial charge in [0, 0.05) is 12.5 Å². The van der Waals surface area contributed by atoms with E-state index in [0.29, 0.717) is 12.5 Å². The minimum absolute atomic E-state index is 0.182. The highest BCUT2D eigenvalue weighted by Gasteiger charge is 2.31. The maximum atomic E-state index is 11.9. The molecule has 0 spiro atoms. The smallest absolute Gasteiger partial charge is 0.291 e. The summed E-state index contributed by atoms with van der Waals surface area (Å²) in [7, 11) is 0. The number of H-pyrrole nitrogens is 1. The predicted octanol–water partition coefficient (Wildman–Crippen LogP) is 1.11. The van der Waals surface area contributed by atoms with Crippen molar-refractivity contribution in [3.05, 3.63) is 11.6 Å². The van der Waals surface area contributed by atoms with Crippen LogP contribution in [0.25, 0.3) is 0 Å². The standard InChI is InChI=1S/C13H20N4O2/c18-12(11-15-10(16-17-11)9-4-5-9)14-8-13(19)6-2-1-3-7-13/h9,19H,1-8H2,(H,14,18)(H,15,16,17). The number of aliphatic hydroxyl groups is 1. The van der Waals surface area contributed by atoms with E-state index in [4.69, 9.17) is 0 Å². The molecule has 6 nitrogen and oxygen atoms in total. The summed E-state index contributed by atoms with van der Waals surface area (Å²) in [6.07, 6.45) is 6.98. The highest BCUT2D eigenvalue weighted by Crippen LogP contribution is 2.37. The number of nitrogens with zero attached hydrogens (tertiary/aromatic N) is 2. The molecule has 1 amide bonds. The van der Waals surface area contributed by atoms with E-state index in [0.717, 1.165) is 44.3 Å². The molecule has 1 aromatic rings. The maximum absolute atomic E-state index is 11.9. The molecule has 2 aliphatic rings. The Labute approximate surface area is 112 Å². The van der Waals surface area contributed by atoms with Crippen molar-refractivity contribution >= 4 is 5.91 Å². The Kier molecular flexibility index (Phi) is 3.26. The number of amides is 1. The molecule has 0 aliphatic heterocycles. The van der Waals surface area contributed by atoms with Gasteiger partial charge in [-0.15, -0.1) is 5.10 Å². The molecule has 3 N–H and O–H groups in total. The first-order valence-corrected chi connectivity index (χ1v) is 7.09. The van der Waals surface area contributed by atoms with E-state index < -0.39 is 5.60 Å². The summed E-state index contributed by atoms with van der Waals surface area (Å²) in [4.78, 5) is 16.1. The van der Waals surface area contributed by atoms with E-state index in [1.54, 1.807) is 0 Å². The summed E-state index contributed by atoms with van der Waals surface area (Å²) >= 11 is 0. The van der Waals surface area contributed by atoms with Crippen LogP contribution in [0.5, 0.6) is 0 Å². The van der Waals surface area contributed by atoms with Crippen LogP contribution in [0, 0.1) is 0 Å². The predicted molar refractivity (Wildman–Crippen MR) is 68.7 cm³/mol. The first-order chi connectivity index (χ1) is 9.16. The van der Waals surface area contributed by atoms with Gasteiger partial charge in [-0.2, -0.15) is 0 Å². The zero-order valence-corrected chi connectivity index (χ0v) is 11.0. The van der Waals surface area contributed by atoms with Gasteiger partial charge in [-0.1, -0.05) is 19.3 Å². The normalized spacial score (nSPS) is 22.2. The van der Waals surface area contributed by atoms with Crippen molar-refractivity contribution in [3.8, 4) is 0 Å². The van der Waals surface area contributed by atoms with Gasteiger partial charge < -0.3 is 10.4 Å². The third-order valence-electron chi connectivity index (χ3n) is 4.03. The van der Waals surface area contributed by atoms with Crippen LogP contribution in [0.3, 0.4) is 0 Å². The highest BCUT2D eigenvalue weighted by atomic mass is 16.3. The van der Waals surface area contributed by atoms with Crippen molar-refractivity contribution in [2.24, 2.45) is 0 Å². The highest BCUT2D eigenvalue weighted by molar-refractivity contribution is 5.90. The Morgan fingerprint density at radius 3 is 2.79 bits per heavy atom. The van der Waals surface area contributed by atoms with E-state index in [1.807, 2.05) is 0 Å². The lowest BCUT2D eigenvalue weighted by Crippen LogP contribution is -2.44. The number of aromatic amines is 1. The Bertz CT molecular complexity index is 461. The quantitative estimate of drug-likeness (QED) is 0.759. The molecule has 1 heterocycles. The van der Waals surface area contributed by atoms with Gasteiger partial charge in [0.25, 0.3) is 5.91 Å². The van der Waals surface area contributed by atoms with Gasteiger partial charge in [-0.05, 0) is 25.7 Å². The molecule has 0 bridgehead atoms. The van der Waals surface area contributed by atoms with Crippen LogP contribution in [0.2, 0.25) is 0 Å². The average molecular weight is 264 g/mol. The first kappa shape index (κ1) is 12.6. The van der Waals surface area contributed by atoms with Gasteiger partial charge in [0.1, 0.15) is 5.82 Å². The van der Waals surface area contributed by atoms with Crippen molar-refractivity contribution in [2.45, 2.75) is 56.5 Å². The number of rotatable bonds is 4. The van der Waals surface area contributed by atoms with Crippen molar-refractivity contribution in [3.63, 3.8) is 0 Å². The van der Waals surface area contributed by atoms with Gasteiger partial charge in [0.15, 0.2) is 0 Å². The molecule has 0 aromatic carbocycles. The number of hydrogen-bond donors (Lipinski definition) is 3. The zero-order chi connectivity index (χ0) is 13.3. The molecule has 2 saturated carbocycles. The molecule has 1 aromatic heterocycles. The van der Waals surface area contributed by atoms with Gasteiger partial charge in [-0.25, -0.2) is 4.98 Å². The Hall–Kier alpha value is -1.43. The largest absolute Gasteiger partial charge is 0.388 e. The van der Waals surface area contributed by atoms with Crippen LogP contribution in [0.4, 0.5) is 0 Å². The van der Waals surface area contributed by atoms with Gasteiger partial charge >= 0.3 is 0 Å². The van der Waals surface area contributed by atoms with Crippen molar-refractivity contribution in [1.82, 2.24) is 20.5 Å². The molecule has 0 unspecified atom stereocenters. The minimum atomic E-state index is -0.746. The molecule has 0 atom stereocenters. The van der Waals surface area contributed by atoms with Crippen molar-refractivity contribution in [1.29, 1.82) is 0 Å². The average Bonchev–Trinajstić information content (AvgIpc) is 3.15. The summed E-state index contributed by atoms with van der Waals surface area (Å²) in [5.41, 5.74) is -0.746. The lowest BCUT2D eigenvalue weighted by Gasteiger charge is -2.31. The van der Waals surface area contributed by atoms with Crippen LogP contribution in [0.15, 0.2) is 0 Å². The third-order valence-corrected chi connectivity index (χ3v) is 4.03. The molecular formula is C13H20N4O2. The Morgan fingerprint density at radius 2 is 2.11 bits per heavy atom. The van der Waals surface area contributed by atoms with Crippen molar-refractivity contribution in [2.75, 3.05) is 6.54 Å². The molecule has 3 rings (SSSR count). The second-order valence-electron chi connectivity index (χ2n) is 5.79. The number of aromatic nitrogens is 3. The number of carbonyl (C=O) groups is 1. The molecule has 2 fully saturated rings. The fraction of sp³-hybridized carbons (Fsp3) is 0.769. The zero-order valence-electron chi connectivity index (χ0n) is 11.0. The van der Waals surface area contributed by atoms with Crippen molar-refractivity contribution < 1.29 is 9.90 Å². The van der Waals surface area contributed by atoms with Crippen LogP contribution in [-0.2, 0) is 0 Å². The van der Waals surface area contributed by atoms with E-state index in [1.165, 1.54) is 6.42 Å². The molecular weight excluding hydrogens is 244 g/mol. The summed E-state index contributed by atoms with van der Waals surface area (Å²) < 4.78 is 0. The molecule has 6 heteroatoms. The van der Waals surface area contributed by atoms with Crippen LogP contribution in [-0.4, -0.2) is 38.3 Å². The molecule has 0 radical (unpaired) electrons. The second kappa shape index (κ2) is 4.92. The molecule has 2 aliphatic carbocycles. The van der Waals surface area contributed by atoms with E-state index in [-0.39, 0.29) is 11.7 Å². The number of carbonyl (C=O) groups excluding carboxylic acids is 1. The van der Waals surface area contributed by atoms with Crippen LogP contribution in [0.1, 0.15) is 67.3 Å². The maximum Gasteiger partial charge on any atom is 0.291 e. The number of hydrogen-bond acceptors (Lipinski definition) is 4. The second-order valence-corrected chi connectivity index (χ2v) is 5.79. The van der Waals surface area contributed by atoms with E-state index in [2.05, 4.69) is 20.5 Å². The Balaban J connectivity index is 1.55. The molecule has 19 heavy (non-hydrogen) atoms. The fourth-order valence-corrected chi connectivity index (χ4v) is 2.63. The summed E-state index contributed by atoms with van der Waals surface area (Å²) in [6, 6.07) is 0. The summed E-state index contributed by atoms with van der Waals surface area (Å²) in [5.74, 6) is 1.14. The summed E-state index contributed by atoms with van der Waals surface area (Å²) in [5, 5.41) is 19.8. The lowest BCUT2D eigenvalue weighted by atomic mass is 9.85. The third kappa shape index (κ3) is 2.94. The van der Waals surface area contributed by atoms with Gasteiger partial charge in [0.05, 0.1) is 5.60 Å². The molecule has 0 saturated heterocycles. The van der Waals surface area contributed by atoms with Crippen LogP contribution < -0.4 is 5.32 Å². The topological polar surface area (TPSA) is 90.9 Å². The van der Waals surface area contributed by atoms with E-state index in [9.17, 15) is 9.90 Å². The van der Waals surface area contributed by atoms with E-state index >= 15 is 0 Å². The van der Waals surface area contributed by atoms with Crippen LogP contribution >= 0.6 is 0 Å². The van der Waals surface area contributed by atoms with Gasteiger partial charge in [-0.3, -0.25) is 9.89 Å². The monoisotopic (exact) mass is 264 g/mol. The lowest BCUT2D eigenvalue weighted by molar-refractivity contribution is 0.00516. The Morgan fingerprint density at radius 1 is 1.37 bits per heavy atom.